The van der Waals surface area contributed by atoms with Gasteiger partial charge < -0.3 is 15.0 Å². The lowest BCUT2D eigenvalue weighted by Crippen LogP contribution is -2.25. The van der Waals surface area contributed by atoms with Gasteiger partial charge in [-0.05, 0) is 61.6 Å². The molecule has 160 valence electrons. The number of hydrogen-bond donors (Lipinski definition) is 1. The molecule has 2 aromatic carbocycles. The first kappa shape index (κ1) is 21.0. The third-order valence-corrected chi connectivity index (χ3v) is 7.52. The summed E-state index contributed by atoms with van der Waals surface area (Å²) in [7, 11) is -0.969. The number of nitrogens with one attached hydrogen (secondary N) is 1. The molecule has 30 heavy (non-hydrogen) atoms. The van der Waals surface area contributed by atoms with Crippen LogP contribution in [0.2, 0.25) is 0 Å². The molecule has 2 fully saturated rings. The van der Waals surface area contributed by atoms with Crippen LogP contribution in [0.3, 0.4) is 0 Å². The van der Waals surface area contributed by atoms with Crippen molar-refractivity contribution in [2.24, 2.45) is 0 Å². The number of anilines is 2. The molecule has 1 N–H and O–H groups in total. The van der Waals surface area contributed by atoms with Crippen LogP contribution in [0.4, 0.5) is 15.8 Å². The monoisotopic (exact) mass is 430 g/mol. The first-order chi connectivity index (χ1) is 14.6. The Bertz CT molecular complexity index is 924. The Hall–Kier alpha value is -2.25. The van der Waals surface area contributed by atoms with Crippen molar-refractivity contribution < 1.29 is 18.1 Å². The van der Waals surface area contributed by atoms with Crippen molar-refractivity contribution in [1.29, 1.82) is 0 Å². The quantitative estimate of drug-likeness (QED) is 0.750. The Morgan fingerprint density at radius 1 is 1.13 bits per heavy atom. The Balaban J connectivity index is 1.40. The maximum Gasteiger partial charge on any atom is 0.255 e. The van der Waals surface area contributed by atoms with Crippen molar-refractivity contribution in [1.82, 2.24) is 0 Å². The fourth-order valence-corrected chi connectivity index (χ4v) is 5.49. The molecule has 2 saturated heterocycles. The number of carbonyl (C=O) groups is 1. The van der Waals surface area contributed by atoms with Gasteiger partial charge in [-0.25, -0.2) is 4.39 Å². The average molecular weight is 431 g/mol. The molecule has 1 unspecified atom stereocenters. The number of halogens is 1. The zero-order chi connectivity index (χ0) is 20.9. The second kappa shape index (κ2) is 9.71. The standard InChI is InChI=1S/C23H27FN2O3S/c24-21-15-18(6-7-22(21)26-10-1-2-11-26)23(27)25-19-5-3-4-17(14-19)16-30(28)20-8-12-29-13-9-20/h3-7,14-15,20H,1-2,8-13,16H2,(H,25,27). The highest BCUT2D eigenvalue weighted by Gasteiger charge is 2.21. The number of carbonyl (C=O) groups excluding carboxylic acids is 1. The van der Waals surface area contributed by atoms with E-state index in [1.54, 1.807) is 18.2 Å². The summed E-state index contributed by atoms with van der Waals surface area (Å²) in [6.45, 7) is 3.04. The lowest BCUT2D eigenvalue weighted by atomic mass is 10.1. The largest absolute Gasteiger partial charge is 0.381 e. The smallest absolute Gasteiger partial charge is 0.255 e. The molecule has 0 bridgehead atoms. The SMILES string of the molecule is O=C(Nc1cccc(CS(=O)C2CCOCC2)c1)c1ccc(N2CCCC2)c(F)c1. The summed E-state index contributed by atoms with van der Waals surface area (Å²) in [6, 6.07) is 12.0. The van der Waals surface area contributed by atoms with Crippen molar-refractivity contribution >= 4 is 28.1 Å². The molecule has 5 nitrogen and oxygen atoms in total. The lowest BCUT2D eigenvalue weighted by molar-refractivity contribution is 0.0991. The second-order valence-electron chi connectivity index (χ2n) is 7.85. The first-order valence-corrected chi connectivity index (χ1v) is 11.9. The van der Waals surface area contributed by atoms with E-state index in [1.165, 1.54) is 6.07 Å². The number of hydrogen-bond acceptors (Lipinski definition) is 4. The summed E-state index contributed by atoms with van der Waals surface area (Å²) in [5, 5.41) is 2.99. The molecule has 2 aromatic rings. The highest BCUT2D eigenvalue weighted by Crippen LogP contribution is 2.25. The number of amides is 1. The van der Waals surface area contributed by atoms with E-state index in [-0.39, 0.29) is 22.5 Å². The van der Waals surface area contributed by atoms with Gasteiger partial charge in [-0.3, -0.25) is 9.00 Å². The second-order valence-corrected chi connectivity index (χ2v) is 9.57. The first-order valence-electron chi connectivity index (χ1n) is 10.5. The Morgan fingerprint density at radius 3 is 2.63 bits per heavy atom. The highest BCUT2D eigenvalue weighted by molar-refractivity contribution is 7.84. The van der Waals surface area contributed by atoms with Crippen molar-refractivity contribution in [3.8, 4) is 0 Å². The minimum Gasteiger partial charge on any atom is -0.381 e. The Kier molecular flexibility index (Phi) is 6.79. The maximum atomic E-state index is 14.5. The molecule has 2 aliphatic rings. The van der Waals surface area contributed by atoms with Crippen molar-refractivity contribution in [2.45, 2.75) is 36.7 Å². The number of rotatable bonds is 6. The molecule has 2 heterocycles. The summed E-state index contributed by atoms with van der Waals surface area (Å²) in [5.74, 6) is -0.275. The topological polar surface area (TPSA) is 58.6 Å². The van der Waals surface area contributed by atoms with Gasteiger partial charge in [0.1, 0.15) is 5.82 Å². The van der Waals surface area contributed by atoms with Crippen LogP contribution in [0.5, 0.6) is 0 Å². The van der Waals surface area contributed by atoms with Gasteiger partial charge in [-0.15, -0.1) is 0 Å². The van der Waals surface area contributed by atoms with Gasteiger partial charge in [-0.1, -0.05) is 12.1 Å². The van der Waals surface area contributed by atoms with Crippen LogP contribution >= 0.6 is 0 Å². The molecular formula is C23H27FN2O3S. The van der Waals surface area contributed by atoms with Gasteiger partial charge in [0.05, 0.1) is 5.69 Å². The molecular weight excluding hydrogens is 403 g/mol. The van der Waals surface area contributed by atoms with E-state index in [4.69, 9.17) is 4.74 Å². The van der Waals surface area contributed by atoms with E-state index >= 15 is 0 Å². The summed E-state index contributed by atoms with van der Waals surface area (Å²) >= 11 is 0. The van der Waals surface area contributed by atoms with E-state index in [0.29, 0.717) is 30.3 Å². The van der Waals surface area contributed by atoms with Crippen LogP contribution in [0.15, 0.2) is 42.5 Å². The van der Waals surface area contributed by atoms with Gasteiger partial charge in [0, 0.05) is 59.4 Å². The van der Waals surface area contributed by atoms with Crippen LogP contribution in [-0.2, 0) is 21.3 Å². The number of benzene rings is 2. The molecule has 0 spiro atoms. The van der Waals surface area contributed by atoms with Crippen molar-refractivity contribution in [3.05, 3.63) is 59.4 Å². The van der Waals surface area contributed by atoms with Crippen LogP contribution in [0.1, 0.15) is 41.6 Å². The van der Waals surface area contributed by atoms with E-state index in [0.717, 1.165) is 44.3 Å². The molecule has 7 heteroatoms. The highest BCUT2D eigenvalue weighted by atomic mass is 32.2. The van der Waals surface area contributed by atoms with E-state index in [1.807, 2.05) is 23.1 Å². The third kappa shape index (κ3) is 5.08. The summed E-state index contributed by atoms with van der Waals surface area (Å²) < 4.78 is 32.5. The molecule has 4 rings (SSSR count). The molecule has 1 atom stereocenters. The van der Waals surface area contributed by atoms with Gasteiger partial charge >= 0.3 is 0 Å². The third-order valence-electron chi connectivity index (χ3n) is 5.69. The lowest BCUT2D eigenvalue weighted by Gasteiger charge is -2.21. The minimum absolute atomic E-state index is 0.161. The van der Waals surface area contributed by atoms with E-state index in [9.17, 15) is 13.4 Å². The van der Waals surface area contributed by atoms with Crippen molar-refractivity contribution in [2.75, 3.05) is 36.5 Å². The molecule has 0 saturated carbocycles. The molecule has 0 aliphatic carbocycles. The van der Waals surface area contributed by atoms with Gasteiger partial charge in [0.2, 0.25) is 0 Å². The van der Waals surface area contributed by atoms with Crippen molar-refractivity contribution in [3.63, 3.8) is 0 Å². The van der Waals surface area contributed by atoms with E-state index < -0.39 is 10.8 Å². The minimum atomic E-state index is -0.969. The average Bonchev–Trinajstić information content (AvgIpc) is 3.29. The molecule has 0 radical (unpaired) electrons. The predicted octanol–water partition coefficient (Wildman–Crippen LogP) is 4.11. The zero-order valence-corrected chi connectivity index (χ0v) is 17.8. The fraction of sp³-hybridized carbons (Fsp3) is 0.435. The number of ether oxygens (including phenoxy) is 1. The van der Waals surface area contributed by atoms with Gasteiger partial charge in [0.25, 0.3) is 5.91 Å². The zero-order valence-electron chi connectivity index (χ0n) is 16.9. The number of nitrogens with zero attached hydrogens (tertiary/aromatic N) is 1. The molecule has 2 aliphatic heterocycles. The summed E-state index contributed by atoms with van der Waals surface area (Å²) in [5.41, 5.74) is 2.37. The normalized spacial score (nSPS) is 18.4. The summed E-state index contributed by atoms with van der Waals surface area (Å²) in [4.78, 5) is 14.6. The molecule has 0 aromatic heterocycles. The van der Waals surface area contributed by atoms with Crippen LogP contribution in [-0.4, -0.2) is 41.7 Å². The maximum absolute atomic E-state index is 14.5. The predicted molar refractivity (Wildman–Crippen MR) is 118 cm³/mol. The van der Waals surface area contributed by atoms with Crippen LogP contribution in [0, 0.1) is 5.82 Å². The van der Waals surface area contributed by atoms with Crippen LogP contribution < -0.4 is 10.2 Å². The van der Waals surface area contributed by atoms with Crippen LogP contribution in [0.25, 0.3) is 0 Å². The fourth-order valence-electron chi connectivity index (χ4n) is 4.03. The van der Waals surface area contributed by atoms with Gasteiger partial charge in [0.15, 0.2) is 0 Å². The summed E-state index contributed by atoms with van der Waals surface area (Å²) in [6.07, 6.45) is 3.78. The van der Waals surface area contributed by atoms with Gasteiger partial charge in [-0.2, -0.15) is 0 Å². The molecule has 1 amide bonds. The van der Waals surface area contributed by atoms with E-state index in [2.05, 4.69) is 5.32 Å². The Morgan fingerprint density at radius 2 is 1.90 bits per heavy atom. The Labute approximate surface area is 179 Å².